The van der Waals surface area contributed by atoms with E-state index in [1.807, 2.05) is 25.1 Å². The van der Waals surface area contributed by atoms with Crippen LogP contribution >= 0.6 is 0 Å². The van der Waals surface area contributed by atoms with Crippen LogP contribution in [-0.2, 0) is 0 Å². The summed E-state index contributed by atoms with van der Waals surface area (Å²) in [6.45, 7) is 3.79. The molecule has 2 heteroatoms. The zero-order chi connectivity index (χ0) is 12.0. The third kappa shape index (κ3) is 4.99. The summed E-state index contributed by atoms with van der Waals surface area (Å²) in [5, 5.41) is 0. The molecule has 0 atom stereocenters. The second kappa shape index (κ2) is 5.71. The summed E-state index contributed by atoms with van der Waals surface area (Å²) in [7, 11) is 6.50. The van der Waals surface area contributed by atoms with Crippen LogP contribution in [0.3, 0.4) is 0 Å². The Hall–Kier alpha value is -1.28. The lowest BCUT2D eigenvalue weighted by molar-refractivity contribution is -0.870. The predicted molar refractivity (Wildman–Crippen MR) is 69.5 cm³/mol. The number of allylic oxidation sites excluding steroid dienone is 1. The molecule has 0 bridgehead atoms. The fourth-order valence-electron chi connectivity index (χ4n) is 1.30. The Labute approximate surface area is 98.7 Å². The third-order valence-corrected chi connectivity index (χ3v) is 2.27. The number of ether oxygens (including phenoxy) is 1. The second-order valence-electron chi connectivity index (χ2n) is 4.93. The van der Waals surface area contributed by atoms with Gasteiger partial charge in [-0.3, -0.25) is 0 Å². The molecule has 1 aromatic rings. The van der Waals surface area contributed by atoms with Gasteiger partial charge >= 0.3 is 0 Å². The summed E-state index contributed by atoms with van der Waals surface area (Å²) < 4.78 is 6.60. The van der Waals surface area contributed by atoms with Crippen LogP contribution in [0.5, 0.6) is 5.75 Å². The fraction of sp³-hybridized carbons (Fsp3) is 0.429. The standard InChI is InChI=1S/C14H22NO/c1-5-6-13-7-9-14(10-8-13)16-12-11-15(2,3)4/h5-10H,11-12H2,1-4H3/q+1/b6-5+. The van der Waals surface area contributed by atoms with E-state index in [2.05, 4.69) is 39.4 Å². The van der Waals surface area contributed by atoms with E-state index < -0.39 is 0 Å². The minimum absolute atomic E-state index is 0.756. The summed E-state index contributed by atoms with van der Waals surface area (Å²) in [6.07, 6.45) is 4.11. The van der Waals surface area contributed by atoms with Gasteiger partial charge in [0, 0.05) is 0 Å². The Kier molecular flexibility index (Phi) is 4.56. The Morgan fingerprint density at radius 1 is 1.12 bits per heavy atom. The molecule has 1 rings (SSSR count). The van der Waals surface area contributed by atoms with Crippen LogP contribution < -0.4 is 4.74 Å². The summed E-state index contributed by atoms with van der Waals surface area (Å²) in [6, 6.07) is 8.18. The van der Waals surface area contributed by atoms with Crippen molar-refractivity contribution >= 4 is 6.08 Å². The van der Waals surface area contributed by atoms with Crippen LogP contribution in [0.25, 0.3) is 6.08 Å². The van der Waals surface area contributed by atoms with Gasteiger partial charge in [0.25, 0.3) is 0 Å². The van der Waals surface area contributed by atoms with Crippen molar-refractivity contribution in [2.45, 2.75) is 6.92 Å². The normalized spacial score (nSPS) is 12.0. The van der Waals surface area contributed by atoms with Crippen molar-refractivity contribution in [2.75, 3.05) is 34.3 Å². The van der Waals surface area contributed by atoms with Crippen LogP contribution in [-0.4, -0.2) is 38.8 Å². The van der Waals surface area contributed by atoms with Gasteiger partial charge in [0.05, 0.1) is 21.1 Å². The molecule has 0 aliphatic heterocycles. The monoisotopic (exact) mass is 220 g/mol. The first-order valence-corrected chi connectivity index (χ1v) is 5.67. The zero-order valence-electron chi connectivity index (χ0n) is 10.7. The molecule has 0 amide bonds. The number of rotatable bonds is 5. The van der Waals surface area contributed by atoms with Crippen molar-refractivity contribution in [2.24, 2.45) is 0 Å². The Morgan fingerprint density at radius 3 is 2.25 bits per heavy atom. The van der Waals surface area contributed by atoms with Gasteiger partial charge < -0.3 is 9.22 Å². The van der Waals surface area contributed by atoms with Gasteiger partial charge in [-0.2, -0.15) is 0 Å². The molecule has 0 unspecified atom stereocenters. The van der Waals surface area contributed by atoms with Gasteiger partial charge in [-0.25, -0.2) is 0 Å². The van der Waals surface area contributed by atoms with Crippen LogP contribution in [0.15, 0.2) is 30.3 Å². The molecule has 0 aliphatic carbocycles. The first-order chi connectivity index (χ1) is 7.51. The molecule has 0 aliphatic rings. The van der Waals surface area contributed by atoms with Gasteiger partial charge in [-0.1, -0.05) is 24.3 Å². The minimum atomic E-state index is 0.756. The van der Waals surface area contributed by atoms with Crippen molar-refractivity contribution in [3.63, 3.8) is 0 Å². The van der Waals surface area contributed by atoms with E-state index in [1.165, 1.54) is 5.56 Å². The van der Waals surface area contributed by atoms with E-state index in [1.54, 1.807) is 0 Å². The quantitative estimate of drug-likeness (QED) is 0.693. The molecule has 16 heavy (non-hydrogen) atoms. The van der Waals surface area contributed by atoms with Crippen molar-refractivity contribution in [1.29, 1.82) is 0 Å². The zero-order valence-corrected chi connectivity index (χ0v) is 10.7. The van der Waals surface area contributed by atoms with Gasteiger partial charge in [0.2, 0.25) is 0 Å². The maximum Gasteiger partial charge on any atom is 0.137 e. The van der Waals surface area contributed by atoms with Crippen LogP contribution in [0, 0.1) is 0 Å². The molecule has 0 saturated heterocycles. The maximum absolute atomic E-state index is 5.68. The topological polar surface area (TPSA) is 9.23 Å². The van der Waals surface area contributed by atoms with E-state index >= 15 is 0 Å². The van der Waals surface area contributed by atoms with Gasteiger partial charge in [-0.05, 0) is 24.6 Å². The summed E-state index contributed by atoms with van der Waals surface area (Å²) >= 11 is 0. The van der Waals surface area contributed by atoms with E-state index in [4.69, 9.17) is 4.74 Å². The number of hydrogen-bond acceptors (Lipinski definition) is 1. The molecule has 0 spiro atoms. The fourth-order valence-corrected chi connectivity index (χ4v) is 1.30. The summed E-state index contributed by atoms with van der Waals surface area (Å²) in [5.74, 6) is 0.946. The van der Waals surface area contributed by atoms with Crippen LogP contribution in [0.2, 0.25) is 0 Å². The highest BCUT2D eigenvalue weighted by Crippen LogP contribution is 2.13. The maximum atomic E-state index is 5.68. The van der Waals surface area contributed by atoms with Crippen molar-refractivity contribution in [3.8, 4) is 5.75 Å². The summed E-state index contributed by atoms with van der Waals surface area (Å²) in [4.78, 5) is 0. The molecular formula is C14H22NO+. The molecule has 0 aromatic heterocycles. The molecule has 88 valence electrons. The molecule has 0 N–H and O–H groups in total. The number of likely N-dealkylation sites (N-methyl/N-ethyl adjacent to an activating group) is 1. The Balaban J connectivity index is 2.43. The van der Waals surface area contributed by atoms with E-state index in [-0.39, 0.29) is 0 Å². The highest BCUT2D eigenvalue weighted by Gasteiger charge is 2.06. The SMILES string of the molecule is C/C=C/c1ccc(OCC[N+](C)(C)C)cc1. The lowest BCUT2D eigenvalue weighted by atomic mass is 10.2. The Bertz CT molecular complexity index is 333. The first kappa shape index (κ1) is 12.8. The first-order valence-electron chi connectivity index (χ1n) is 5.67. The number of nitrogens with zero attached hydrogens (tertiary/aromatic N) is 1. The van der Waals surface area contributed by atoms with Crippen LogP contribution in [0.4, 0.5) is 0 Å². The van der Waals surface area contributed by atoms with Crippen molar-refractivity contribution in [3.05, 3.63) is 35.9 Å². The van der Waals surface area contributed by atoms with E-state index in [0.717, 1.165) is 23.4 Å². The predicted octanol–water partition coefficient (Wildman–Crippen LogP) is 2.80. The Morgan fingerprint density at radius 2 is 1.75 bits per heavy atom. The third-order valence-electron chi connectivity index (χ3n) is 2.27. The molecule has 0 radical (unpaired) electrons. The van der Waals surface area contributed by atoms with Crippen molar-refractivity contribution in [1.82, 2.24) is 0 Å². The molecule has 0 saturated carbocycles. The van der Waals surface area contributed by atoms with Gasteiger partial charge in [0.1, 0.15) is 18.9 Å². The molecule has 1 aromatic carbocycles. The van der Waals surface area contributed by atoms with Crippen molar-refractivity contribution < 1.29 is 9.22 Å². The summed E-state index contributed by atoms with van der Waals surface area (Å²) in [5.41, 5.74) is 1.21. The van der Waals surface area contributed by atoms with Gasteiger partial charge in [-0.15, -0.1) is 0 Å². The number of quaternary nitrogens is 1. The van der Waals surface area contributed by atoms with E-state index in [9.17, 15) is 0 Å². The molecule has 2 nitrogen and oxygen atoms in total. The number of benzene rings is 1. The average Bonchev–Trinajstić information content (AvgIpc) is 2.19. The van der Waals surface area contributed by atoms with E-state index in [0.29, 0.717) is 0 Å². The number of hydrogen-bond donors (Lipinski definition) is 0. The van der Waals surface area contributed by atoms with Crippen LogP contribution in [0.1, 0.15) is 12.5 Å². The smallest absolute Gasteiger partial charge is 0.137 e. The average molecular weight is 220 g/mol. The van der Waals surface area contributed by atoms with Gasteiger partial charge in [0.15, 0.2) is 0 Å². The lowest BCUT2D eigenvalue weighted by Crippen LogP contribution is -2.38. The molecule has 0 fully saturated rings. The second-order valence-corrected chi connectivity index (χ2v) is 4.93. The largest absolute Gasteiger partial charge is 0.488 e. The molecule has 0 heterocycles. The lowest BCUT2D eigenvalue weighted by Gasteiger charge is -2.23. The highest BCUT2D eigenvalue weighted by molar-refractivity contribution is 5.50. The minimum Gasteiger partial charge on any atom is -0.488 e. The highest BCUT2D eigenvalue weighted by atomic mass is 16.5. The molecular weight excluding hydrogens is 198 g/mol.